The molecule has 0 spiro atoms. The van der Waals surface area contributed by atoms with E-state index in [0.29, 0.717) is 31.7 Å². The van der Waals surface area contributed by atoms with Gasteiger partial charge in [-0.3, -0.25) is 14.6 Å². The normalized spacial score (nSPS) is 13.3. The van der Waals surface area contributed by atoms with Crippen molar-refractivity contribution in [3.63, 3.8) is 0 Å². The fourth-order valence-corrected chi connectivity index (χ4v) is 4.85. The van der Waals surface area contributed by atoms with Crippen LogP contribution in [0.1, 0.15) is 47.3 Å². The number of aryl methyl sites for hydroxylation is 1. The molecule has 2 amide bonds. The van der Waals surface area contributed by atoms with Gasteiger partial charge in [-0.1, -0.05) is 54.2 Å². The van der Waals surface area contributed by atoms with Crippen LogP contribution in [0.25, 0.3) is 6.08 Å². The van der Waals surface area contributed by atoms with Crippen molar-refractivity contribution in [3.05, 3.63) is 82.2 Å². The maximum absolute atomic E-state index is 12.7. The van der Waals surface area contributed by atoms with Gasteiger partial charge in [0, 0.05) is 44.4 Å². The molecule has 2 N–H and O–H groups in total. The Balaban J connectivity index is 1.51. The van der Waals surface area contributed by atoms with Gasteiger partial charge in [-0.15, -0.1) is 11.6 Å². The zero-order chi connectivity index (χ0) is 25.9. The number of amides is 2. The largest absolute Gasteiger partial charge is 0.360 e. The van der Waals surface area contributed by atoms with Gasteiger partial charge >= 0.3 is 0 Å². The number of primary amides is 1. The van der Waals surface area contributed by atoms with Crippen molar-refractivity contribution in [1.29, 1.82) is 0 Å². The zero-order valence-electron chi connectivity index (χ0n) is 20.5. The van der Waals surface area contributed by atoms with Crippen LogP contribution in [0, 0.1) is 0 Å². The number of rotatable bonds is 12. The number of aldehydes is 1. The van der Waals surface area contributed by atoms with Crippen molar-refractivity contribution in [2.75, 3.05) is 13.6 Å². The Morgan fingerprint density at radius 3 is 2.61 bits per heavy atom. The van der Waals surface area contributed by atoms with Gasteiger partial charge in [-0.25, -0.2) is 0 Å². The van der Waals surface area contributed by atoms with Gasteiger partial charge in [0.25, 0.3) is 5.24 Å². The second kappa shape index (κ2) is 14.0. The molecule has 0 saturated heterocycles. The SMILES string of the molecule is CN(CC1=Cc2ccc(CC(C=O)SC(N)=O)nc2CC=C1)C(=O)CCCCc1ccc(CCl)cc1. The molecule has 0 fully saturated rings. The maximum Gasteiger partial charge on any atom is 0.277 e. The number of carbonyl (C=O) groups excluding carboxylic acids is 3. The quantitative estimate of drug-likeness (QED) is 0.236. The molecule has 3 rings (SSSR count). The van der Waals surface area contributed by atoms with E-state index in [0.717, 1.165) is 65.4 Å². The predicted octanol–water partition coefficient (Wildman–Crippen LogP) is 5.11. The van der Waals surface area contributed by atoms with Crippen molar-refractivity contribution in [1.82, 2.24) is 9.88 Å². The first-order valence-electron chi connectivity index (χ1n) is 12.0. The van der Waals surface area contributed by atoms with E-state index in [9.17, 15) is 14.4 Å². The highest BCUT2D eigenvalue weighted by atomic mass is 35.5. The highest BCUT2D eigenvalue weighted by molar-refractivity contribution is 8.14. The lowest BCUT2D eigenvalue weighted by Gasteiger charge is -2.18. The number of fused-ring (bicyclic) bond motifs is 1. The Bertz CT molecular complexity index is 1130. The van der Waals surface area contributed by atoms with Gasteiger partial charge in [-0.05, 0) is 53.7 Å². The Labute approximate surface area is 222 Å². The number of nitrogens with two attached hydrogens (primary N) is 1. The standard InChI is InChI=1S/C28H32ClN3O3S/c1-32(27(34)8-3-2-5-20-9-11-21(17-29)12-10-20)18-22-6-4-7-26-23(15-22)13-14-24(31-26)16-25(19-33)36-28(30)35/h4,6,9-15,19,25H,2-3,5,7-8,16-18H2,1H3,(H2,30,35). The van der Waals surface area contributed by atoms with E-state index < -0.39 is 10.5 Å². The smallest absolute Gasteiger partial charge is 0.277 e. The Hall–Kier alpha value is -2.90. The number of unbranched alkanes of at least 4 members (excludes halogenated alkanes) is 1. The molecule has 1 atom stereocenters. The van der Waals surface area contributed by atoms with Crippen molar-refractivity contribution >= 4 is 46.9 Å². The monoisotopic (exact) mass is 525 g/mol. The minimum atomic E-state index is -0.576. The van der Waals surface area contributed by atoms with Crippen molar-refractivity contribution in [3.8, 4) is 0 Å². The van der Waals surface area contributed by atoms with Crippen molar-refractivity contribution in [2.45, 2.75) is 49.7 Å². The molecule has 8 heteroatoms. The first-order chi connectivity index (χ1) is 17.4. The maximum atomic E-state index is 12.7. The second-order valence-corrected chi connectivity index (χ2v) is 10.4. The van der Waals surface area contributed by atoms with Crippen LogP contribution in [0.4, 0.5) is 4.79 Å². The molecule has 6 nitrogen and oxygen atoms in total. The molecule has 2 aromatic rings. The minimum absolute atomic E-state index is 0.131. The molecule has 1 heterocycles. The Morgan fingerprint density at radius 1 is 1.17 bits per heavy atom. The van der Waals surface area contributed by atoms with E-state index in [1.165, 1.54) is 5.56 Å². The first-order valence-corrected chi connectivity index (χ1v) is 13.4. The van der Waals surface area contributed by atoms with Gasteiger partial charge in [0.1, 0.15) is 6.29 Å². The molecule has 1 unspecified atom stereocenters. The summed E-state index contributed by atoms with van der Waals surface area (Å²) in [4.78, 5) is 41.5. The van der Waals surface area contributed by atoms with Crippen LogP contribution >= 0.6 is 23.4 Å². The summed E-state index contributed by atoms with van der Waals surface area (Å²) in [5, 5.41) is -1.12. The van der Waals surface area contributed by atoms with E-state index >= 15 is 0 Å². The van der Waals surface area contributed by atoms with Crippen LogP contribution in [0.3, 0.4) is 0 Å². The van der Waals surface area contributed by atoms with E-state index in [1.807, 2.05) is 31.3 Å². The predicted molar refractivity (Wildman–Crippen MR) is 147 cm³/mol. The number of likely N-dealkylation sites (N-methyl/N-ethyl adjacent to an activating group) is 1. The number of thioether (sulfide) groups is 1. The summed E-state index contributed by atoms with van der Waals surface area (Å²) in [6.45, 7) is 0.527. The lowest BCUT2D eigenvalue weighted by Crippen LogP contribution is -2.28. The Morgan fingerprint density at radius 2 is 1.92 bits per heavy atom. The summed E-state index contributed by atoms with van der Waals surface area (Å²) in [6.07, 6.45) is 11.1. The van der Waals surface area contributed by atoms with Crippen molar-refractivity contribution < 1.29 is 14.4 Å². The van der Waals surface area contributed by atoms with Gasteiger partial charge < -0.3 is 15.4 Å². The summed E-state index contributed by atoms with van der Waals surface area (Å²) < 4.78 is 0. The molecule has 1 aromatic heterocycles. The van der Waals surface area contributed by atoms with E-state index in [4.69, 9.17) is 22.3 Å². The number of hydrogen-bond acceptors (Lipinski definition) is 5. The molecule has 36 heavy (non-hydrogen) atoms. The number of benzene rings is 1. The minimum Gasteiger partial charge on any atom is -0.360 e. The van der Waals surface area contributed by atoms with Crippen LogP contribution < -0.4 is 5.73 Å². The fourth-order valence-electron chi connectivity index (χ4n) is 4.06. The van der Waals surface area contributed by atoms with Crippen molar-refractivity contribution in [2.24, 2.45) is 5.73 Å². The molecule has 0 bridgehead atoms. The lowest BCUT2D eigenvalue weighted by molar-refractivity contribution is -0.129. The van der Waals surface area contributed by atoms with Crippen LogP contribution in [0.2, 0.25) is 0 Å². The van der Waals surface area contributed by atoms with Gasteiger partial charge in [0.05, 0.1) is 10.9 Å². The van der Waals surface area contributed by atoms with Crippen LogP contribution in [0.15, 0.2) is 54.1 Å². The van der Waals surface area contributed by atoms with E-state index in [2.05, 4.69) is 30.3 Å². The van der Waals surface area contributed by atoms with Gasteiger partial charge in [0.15, 0.2) is 0 Å². The second-order valence-electron chi connectivity index (χ2n) is 8.89. The summed E-state index contributed by atoms with van der Waals surface area (Å²) in [5.74, 6) is 0.654. The molecule has 190 valence electrons. The average molecular weight is 526 g/mol. The number of allylic oxidation sites excluding steroid dienone is 1. The topological polar surface area (TPSA) is 93.4 Å². The third-order valence-electron chi connectivity index (χ3n) is 6.01. The number of aromatic nitrogens is 1. The molecular weight excluding hydrogens is 494 g/mol. The zero-order valence-corrected chi connectivity index (χ0v) is 22.1. The number of carbonyl (C=O) groups is 3. The van der Waals surface area contributed by atoms with Crippen LogP contribution in [-0.4, -0.2) is 46.2 Å². The Kier molecular flexibility index (Phi) is 10.8. The summed E-state index contributed by atoms with van der Waals surface area (Å²) >= 11 is 6.65. The van der Waals surface area contributed by atoms with Gasteiger partial charge in [-0.2, -0.15) is 0 Å². The summed E-state index contributed by atoms with van der Waals surface area (Å²) in [5.41, 5.74) is 11.2. The third kappa shape index (κ3) is 8.64. The lowest BCUT2D eigenvalue weighted by atomic mass is 10.1. The molecule has 1 aromatic carbocycles. The number of nitrogens with zero attached hydrogens (tertiary/aromatic N) is 2. The molecule has 1 aliphatic carbocycles. The summed E-state index contributed by atoms with van der Waals surface area (Å²) in [6, 6.07) is 12.2. The molecular formula is C28H32ClN3O3S. The van der Waals surface area contributed by atoms with E-state index in [1.54, 1.807) is 4.90 Å². The molecule has 0 saturated carbocycles. The number of halogens is 1. The highest BCUT2D eigenvalue weighted by Gasteiger charge is 2.16. The average Bonchev–Trinajstić information content (AvgIpc) is 3.07. The van der Waals surface area contributed by atoms with Crippen LogP contribution in [-0.2, 0) is 34.7 Å². The number of pyridine rings is 1. The molecule has 0 aliphatic heterocycles. The number of hydrogen-bond donors (Lipinski definition) is 1. The third-order valence-corrected chi connectivity index (χ3v) is 7.13. The highest BCUT2D eigenvalue weighted by Crippen LogP contribution is 2.21. The molecule has 0 radical (unpaired) electrons. The van der Waals surface area contributed by atoms with Crippen LogP contribution in [0.5, 0.6) is 0 Å². The fraction of sp³-hybridized carbons (Fsp3) is 0.357. The van der Waals surface area contributed by atoms with Gasteiger partial charge in [0.2, 0.25) is 5.91 Å². The first kappa shape index (κ1) is 27.7. The molecule has 1 aliphatic rings. The van der Waals surface area contributed by atoms with E-state index in [-0.39, 0.29) is 5.91 Å². The summed E-state index contributed by atoms with van der Waals surface area (Å²) in [7, 11) is 1.84. The number of alkyl halides is 1.